The zero-order valence-electron chi connectivity index (χ0n) is 11.0. The van der Waals surface area contributed by atoms with Crippen LogP contribution in [0.3, 0.4) is 0 Å². The number of nitrogens with zero attached hydrogens (tertiary/aromatic N) is 1. The highest BCUT2D eigenvalue weighted by molar-refractivity contribution is 6.31. The number of nitrogens with two attached hydrogens (primary N) is 1. The molecule has 0 spiro atoms. The fourth-order valence-electron chi connectivity index (χ4n) is 2.73. The van der Waals surface area contributed by atoms with Crippen LogP contribution in [0.25, 0.3) is 0 Å². The van der Waals surface area contributed by atoms with E-state index in [1.807, 2.05) is 12.1 Å². The quantitative estimate of drug-likeness (QED) is 0.919. The summed E-state index contributed by atoms with van der Waals surface area (Å²) in [7, 11) is 0. The van der Waals surface area contributed by atoms with Gasteiger partial charge in [-0.15, -0.1) is 0 Å². The fourth-order valence-corrected chi connectivity index (χ4v) is 2.95. The van der Waals surface area contributed by atoms with Gasteiger partial charge in [-0.2, -0.15) is 0 Å². The predicted octanol–water partition coefficient (Wildman–Crippen LogP) is 3.37. The van der Waals surface area contributed by atoms with E-state index in [1.165, 1.54) is 23.4 Å². The molecule has 0 bridgehead atoms. The van der Waals surface area contributed by atoms with E-state index in [4.69, 9.17) is 17.3 Å². The normalized spacial score (nSPS) is 17.9. The van der Waals surface area contributed by atoms with Crippen molar-refractivity contribution in [3.05, 3.63) is 64.4 Å². The van der Waals surface area contributed by atoms with Crippen molar-refractivity contribution in [2.45, 2.75) is 19.0 Å². The van der Waals surface area contributed by atoms with E-state index in [2.05, 4.69) is 17.0 Å². The summed E-state index contributed by atoms with van der Waals surface area (Å²) in [6, 6.07) is 12.9. The lowest BCUT2D eigenvalue weighted by Crippen LogP contribution is -2.42. The van der Waals surface area contributed by atoms with Crippen LogP contribution in [0, 0.1) is 5.82 Å². The maximum Gasteiger partial charge on any atom is 0.124 e. The molecule has 3 rings (SSSR count). The summed E-state index contributed by atoms with van der Waals surface area (Å²) in [5.41, 5.74) is 9.48. The SMILES string of the molecule is NC1Cc2ccccc2N(Cc2ccc(F)cc2Cl)C1. The fraction of sp³-hybridized carbons (Fsp3) is 0.250. The van der Waals surface area contributed by atoms with Crippen LogP contribution in [-0.2, 0) is 13.0 Å². The van der Waals surface area contributed by atoms with E-state index in [1.54, 1.807) is 6.07 Å². The smallest absolute Gasteiger partial charge is 0.124 e. The number of rotatable bonds is 2. The molecule has 20 heavy (non-hydrogen) atoms. The molecule has 1 aliphatic rings. The number of hydrogen-bond acceptors (Lipinski definition) is 2. The lowest BCUT2D eigenvalue weighted by atomic mass is 9.98. The van der Waals surface area contributed by atoms with Gasteiger partial charge in [-0.05, 0) is 35.7 Å². The van der Waals surface area contributed by atoms with Crippen LogP contribution in [0.5, 0.6) is 0 Å². The Hall–Kier alpha value is -1.58. The summed E-state index contributed by atoms with van der Waals surface area (Å²) < 4.78 is 13.1. The molecule has 1 heterocycles. The van der Waals surface area contributed by atoms with Crippen molar-refractivity contribution in [1.82, 2.24) is 0 Å². The van der Waals surface area contributed by atoms with E-state index in [-0.39, 0.29) is 11.9 Å². The second-order valence-corrected chi connectivity index (χ2v) is 5.62. The van der Waals surface area contributed by atoms with Gasteiger partial charge in [0.1, 0.15) is 5.82 Å². The highest BCUT2D eigenvalue weighted by atomic mass is 35.5. The van der Waals surface area contributed by atoms with E-state index in [0.717, 1.165) is 18.5 Å². The molecule has 2 aromatic rings. The number of hydrogen-bond donors (Lipinski definition) is 1. The molecule has 1 unspecified atom stereocenters. The Bertz CT molecular complexity index is 630. The zero-order chi connectivity index (χ0) is 14.1. The number of anilines is 1. The maximum absolute atomic E-state index is 13.1. The van der Waals surface area contributed by atoms with Gasteiger partial charge >= 0.3 is 0 Å². The van der Waals surface area contributed by atoms with Crippen molar-refractivity contribution in [2.75, 3.05) is 11.4 Å². The molecule has 4 heteroatoms. The minimum absolute atomic E-state index is 0.115. The monoisotopic (exact) mass is 290 g/mol. The minimum atomic E-state index is -0.311. The van der Waals surface area contributed by atoms with Crippen LogP contribution < -0.4 is 10.6 Å². The molecule has 0 aliphatic carbocycles. The summed E-state index contributed by atoms with van der Waals surface area (Å²) in [5.74, 6) is -0.311. The zero-order valence-corrected chi connectivity index (χ0v) is 11.8. The standard InChI is InChI=1S/C16H16ClFN2/c17-15-8-13(18)6-5-12(15)9-20-10-14(19)7-11-3-1-2-4-16(11)20/h1-6,8,14H,7,9-10,19H2. The van der Waals surface area contributed by atoms with Gasteiger partial charge in [-0.3, -0.25) is 0 Å². The van der Waals surface area contributed by atoms with Gasteiger partial charge in [0.15, 0.2) is 0 Å². The van der Waals surface area contributed by atoms with Crippen LogP contribution in [0.15, 0.2) is 42.5 Å². The van der Waals surface area contributed by atoms with Crippen molar-refractivity contribution in [1.29, 1.82) is 0 Å². The summed E-state index contributed by atoms with van der Waals surface area (Å²) in [4.78, 5) is 2.21. The largest absolute Gasteiger partial charge is 0.365 e. The summed E-state index contributed by atoms with van der Waals surface area (Å²) in [6.07, 6.45) is 0.893. The highest BCUT2D eigenvalue weighted by Gasteiger charge is 2.22. The van der Waals surface area contributed by atoms with Crippen molar-refractivity contribution in [2.24, 2.45) is 5.73 Å². The van der Waals surface area contributed by atoms with Crippen LogP contribution >= 0.6 is 11.6 Å². The first kappa shape index (κ1) is 13.4. The van der Waals surface area contributed by atoms with Gasteiger partial charge < -0.3 is 10.6 Å². The van der Waals surface area contributed by atoms with E-state index in [9.17, 15) is 4.39 Å². The summed E-state index contributed by atoms with van der Waals surface area (Å²) >= 11 is 6.11. The van der Waals surface area contributed by atoms with Crippen LogP contribution in [-0.4, -0.2) is 12.6 Å². The second kappa shape index (κ2) is 5.43. The summed E-state index contributed by atoms with van der Waals surface area (Å²) in [6.45, 7) is 1.43. The van der Waals surface area contributed by atoms with Gasteiger partial charge in [0.25, 0.3) is 0 Å². The lowest BCUT2D eigenvalue weighted by Gasteiger charge is -2.35. The van der Waals surface area contributed by atoms with E-state index < -0.39 is 0 Å². The van der Waals surface area contributed by atoms with Crippen molar-refractivity contribution in [3.63, 3.8) is 0 Å². The van der Waals surface area contributed by atoms with Gasteiger partial charge in [0.2, 0.25) is 0 Å². The molecular weight excluding hydrogens is 275 g/mol. The number of benzene rings is 2. The first-order valence-electron chi connectivity index (χ1n) is 6.66. The first-order chi connectivity index (χ1) is 9.63. The van der Waals surface area contributed by atoms with Gasteiger partial charge in [-0.1, -0.05) is 35.9 Å². The summed E-state index contributed by atoms with van der Waals surface area (Å²) in [5, 5.41) is 0.460. The Labute approximate surface area is 123 Å². The Kier molecular flexibility index (Phi) is 3.64. The van der Waals surface area contributed by atoms with Crippen molar-refractivity contribution < 1.29 is 4.39 Å². The van der Waals surface area contributed by atoms with Crippen molar-refractivity contribution >= 4 is 17.3 Å². The van der Waals surface area contributed by atoms with Gasteiger partial charge in [0.05, 0.1) is 0 Å². The third-order valence-corrected chi connectivity index (χ3v) is 4.00. The number of para-hydroxylation sites is 1. The Morgan fingerprint density at radius 1 is 1.25 bits per heavy atom. The molecule has 0 saturated heterocycles. The average Bonchev–Trinajstić information content (AvgIpc) is 2.41. The number of fused-ring (bicyclic) bond motifs is 1. The first-order valence-corrected chi connectivity index (χ1v) is 7.03. The van der Waals surface area contributed by atoms with Gasteiger partial charge in [-0.25, -0.2) is 4.39 Å². The molecule has 0 fully saturated rings. The number of halogens is 2. The van der Waals surface area contributed by atoms with E-state index in [0.29, 0.717) is 11.6 Å². The molecule has 1 atom stereocenters. The molecule has 2 aromatic carbocycles. The molecule has 0 amide bonds. The third kappa shape index (κ3) is 2.65. The van der Waals surface area contributed by atoms with Crippen LogP contribution in [0.4, 0.5) is 10.1 Å². The predicted molar refractivity (Wildman–Crippen MR) is 80.6 cm³/mol. The van der Waals surface area contributed by atoms with Crippen molar-refractivity contribution in [3.8, 4) is 0 Å². The average molecular weight is 291 g/mol. The molecule has 2 nitrogen and oxygen atoms in total. The molecule has 0 aromatic heterocycles. The van der Waals surface area contributed by atoms with Gasteiger partial charge in [0, 0.05) is 29.8 Å². The molecule has 2 N–H and O–H groups in total. The highest BCUT2D eigenvalue weighted by Crippen LogP contribution is 2.29. The van der Waals surface area contributed by atoms with E-state index >= 15 is 0 Å². The topological polar surface area (TPSA) is 29.3 Å². The molecule has 0 radical (unpaired) electrons. The Morgan fingerprint density at radius 3 is 2.85 bits per heavy atom. The van der Waals surface area contributed by atoms with Crippen LogP contribution in [0.1, 0.15) is 11.1 Å². The molecule has 104 valence electrons. The Balaban J connectivity index is 1.91. The molecule has 1 aliphatic heterocycles. The minimum Gasteiger partial charge on any atom is -0.365 e. The maximum atomic E-state index is 13.1. The van der Waals surface area contributed by atoms with Crippen LogP contribution in [0.2, 0.25) is 5.02 Å². The molecule has 0 saturated carbocycles. The lowest BCUT2D eigenvalue weighted by molar-refractivity contribution is 0.597. The Morgan fingerprint density at radius 2 is 2.05 bits per heavy atom. The second-order valence-electron chi connectivity index (χ2n) is 5.21. The third-order valence-electron chi connectivity index (χ3n) is 3.65. The molecular formula is C16H16ClFN2.